The highest BCUT2D eigenvalue weighted by Crippen LogP contribution is 2.21. The number of H-pyrrole nitrogens is 1. The highest BCUT2D eigenvalue weighted by Gasteiger charge is 2.10. The average Bonchev–Trinajstić information content (AvgIpc) is 3.42. The zero-order valence-corrected chi connectivity index (χ0v) is 16.1. The Kier molecular flexibility index (Phi) is 4.89. The lowest BCUT2D eigenvalue weighted by Crippen LogP contribution is -2.13. The minimum atomic E-state index is 0.317. The molecule has 2 heterocycles. The van der Waals surface area contributed by atoms with Crippen molar-refractivity contribution in [3.63, 3.8) is 0 Å². The summed E-state index contributed by atoms with van der Waals surface area (Å²) in [4.78, 5) is 7.89. The first-order valence-corrected chi connectivity index (χ1v) is 9.60. The van der Waals surface area contributed by atoms with Crippen molar-refractivity contribution < 1.29 is 4.74 Å². The molecular formula is C22H19N7O. The minimum absolute atomic E-state index is 0.317. The highest BCUT2D eigenvalue weighted by atomic mass is 16.5. The van der Waals surface area contributed by atoms with E-state index in [1.807, 2.05) is 78.9 Å². The van der Waals surface area contributed by atoms with Crippen molar-refractivity contribution >= 4 is 11.0 Å². The normalized spacial score (nSPS) is 11.1. The van der Waals surface area contributed by atoms with E-state index in [-0.39, 0.29) is 0 Å². The number of hydrogen-bond acceptors (Lipinski definition) is 6. The molecule has 2 aromatic heterocycles. The largest absolute Gasteiger partial charge is 0.423 e. The van der Waals surface area contributed by atoms with E-state index in [2.05, 4.69) is 30.8 Å². The standard InChI is InChI=1S/C22H19N7O/c1-2-6-17(7-3-1)29-22(26-27-28-29)30-18-12-10-16(11-13-18)14-23-15-21-24-19-8-4-5-9-20(19)25-21/h1-13,23H,14-15H2,(H,24,25). The molecule has 8 heteroatoms. The Morgan fingerprint density at radius 3 is 2.50 bits per heavy atom. The molecule has 5 rings (SSSR count). The predicted octanol–water partition coefficient (Wildman–Crippen LogP) is 3.62. The van der Waals surface area contributed by atoms with Crippen LogP contribution in [0.2, 0.25) is 0 Å². The minimum Gasteiger partial charge on any atom is -0.423 e. The summed E-state index contributed by atoms with van der Waals surface area (Å²) in [7, 11) is 0. The number of aromatic amines is 1. The number of ether oxygens (including phenoxy) is 1. The van der Waals surface area contributed by atoms with Gasteiger partial charge in [-0.3, -0.25) is 0 Å². The van der Waals surface area contributed by atoms with E-state index < -0.39 is 0 Å². The summed E-state index contributed by atoms with van der Waals surface area (Å²) in [6.07, 6.45) is 0. The Labute approximate surface area is 172 Å². The molecule has 0 saturated heterocycles. The van der Waals surface area contributed by atoms with E-state index in [4.69, 9.17) is 4.74 Å². The number of tetrazole rings is 1. The molecule has 30 heavy (non-hydrogen) atoms. The molecule has 0 aliphatic rings. The van der Waals surface area contributed by atoms with Crippen molar-refractivity contribution in [2.24, 2.45) is 0 Å². The highest BCUT2D eigenvalue weighted by molar-refractivity contribution is 5.74. The van der Waals surface area contributed by atoms with Gasteiger partial charge in [-0.05, 0) is 52.4 Å². The molecule has 0 aliphatic heterocycles. The van der Waals surface area contributed by atoms with Crippen LogP contribution in [0.25, 0.3) is 16.7 Å². The number of aromatic nitrogens is 6. The molecule has 0 aliphatic carbocycles. The van der Waals surface area contributed by atoms with Gasteiger partial charge in [0, 0.05) is 6.54 Å². The van der Waals surface area contributed by atoms with Gasteiger partial charge in [-0.2, -0.15) is 4.68 Å². The third-order valence-electron chi connectivity index (χ3n) is 4.63. The number of para-hydroxylation sites is 3. The van der Waals surface area contributed by atoms with Crippen LogP contribution in [-0.4, -0.2) is 30.2 Å². The number of benzene rings is 3. The van der Waals surface area contributed by atoms with Gasteiger partial charge in [-0.1, -0.05) is 47.6 Å². The van der Waals surface area contributed by atoms with Gasteiger partial charge in [0.15, 0.2) is 0 Å². The van der Waals surface area contributed by atoms with Gasteiger partial charge in [-0.15, -0.1) is 0 Å². The maximum Gasteiger partial charge on any atom is 0.345 e. The fourth-order valence-corrected chi connectivity index (χ4v) is 3.17. The number of fused-ring (bicyclic) bond motifs is 1. The van der Waals surface area contributed by atoms with Crippen molar-refractivity contribution in [2.75, 3.05) is 0 Å². The van der Waals surface area contributed by atoms with Crippen LogP contribution in [0.3, 0.4) is 0 Å². The van der Waals surface area contributed by atoms with Crippen LogP contribution in [0.1, 0.15) is 11.4 Å². The van der Waals surface area contributed by atoms with Crippen molar-refractivity contribution in [3.8, 4) is 17.4 Å². The lowest BCUT2D eigenvalue weighted by atomic mass is 10.2. The molecule has 2 N–H and O–H groups in total. The molecular weight excluding hydrogens is 378 g/mol. The summed E-state index contributed by atoms with van der Waals surface area (Å²) in [5.74, 6) is 1.59. The monoisotopic (exact) mass is 397 g/mol. The fraction of sp³-hybridized carbons (Fsp3) is 0.0909. The van der Waals surface area contributed by atoms with Crippen LogP contribution in [0.5, 0.6) is 11.8 Å². The molecule has 0 atom stereocenters. The molecule has 0 spiro atoms. The third kappa shape index (κ3) is 3.89. The van der Waals surface area contributed by atoms with Crippen LogP contribution in [0.15, 0.2) is 78.9 Å². The molecule has 0 fully saturated rings. The summed E-state index contributed by atoms with van der Waals surface area (Å²) in [5.41, 5.74) is 4.01. The van der Waals surface area contributed by atoms with Gasteiger partial charge in [0.25, 0.3) is 0 Å². The van der Waals surface area contributed by atoms with E-state index in [1.165, 1.54) is 0 Å². The van der Waals surface area contributed by atoms with Crippen LogP contribution < -0.4 is 10.1 Å². The van der Waals surface area contributed by atoms with Gasteiger partial charge in [0.1, 0.15) is 11.6 Å². The Morgan fingerprint density at radius 2 is 1.67 bits per heavy atom. The smallest absolute Gasteiger partial charge is 0.345 e. The van der Waals surface area contributed by atoms with Crippen molar-refractivity contribution in [3.05, 3.63) is 90.3 Å². The number of imidazole rings is 1. The zero-order chi connectivity index (χ0) is 20.2. The average molecular weight is 397 g/mol. The molecule has 148 valence electrons. The Morgan fingerprint density at radius 1 is 0.867 bits per heavy atom. The predicted molar refractivity (Wildman–Crippen MR) is 112 cm³/mol. The van der Waals surface area contributed by atoms with Crippen LogP contribution in [0, 0.1) is 0 Å². The van der Waals surface area contributed by atoms with Crippen LogP contribution in [0.4, 0.5) is 0 Å². The van der Waals surface area contributed by atoms with E-state index in [9.17, 15) is 0 Å². The molecule has 0 radical (unpaired) electrons. The van der Waals surface area contributed by atoms with Gasteiger partial charge < -0.3 is 15.0 Å². The molecule has 0 amide bonds. The Hall–Kier alpha value is -4.04. The van der Waals surface area contributed by atoms with E-state index in [0.717, 1.165) is 34.7 Å². The summed E-state index contributed by atoms with van der Waals surface area (Å²) in [6.45, 7) is 1.39. The molecule has 5 aromatic rings. The molecule has 8 nitrogen and oxygen atoms in total. The lowest BCUT2D eigenvalue weighted by molar-refractivity contribution is 0.427. The molecule has 3 aromatic carbocycles. The van der Waals surface area contributed by atoms with Crippen LogP contribution in [-0.2, 0) is 13.1 Å². The zero-order valence-electron chi connectivity index (χ0n) is 16.1. The van der Waals surface area contributed by atoms with Crippen molar-refractivity contribution in [1.82, 2.24) is 35.5 Å². The quantitative estimate of drug-likeness (QED) is 0.436. The Bertz CT molecular complexity index is 1210. The summed E-state index contributed by atoms with van der Waals surface area (Å²) < 4.78 is 7.42. The second kappa shape index (κ2) is 8.14. The molecule has 0 bridgehead atoms. The first-order valence-electron chi connectivity index (χ1n) is 9.60. The maximum atomic E-state index is 5.86. The van der Waals surface area contributed by atoms with Crippen LogP contribution >= 0.6 is 0 Å². The first kappa shape index (κ1) is 18.0. The second-order valence-electron chi connectivity index (χ2n) is 6.76. The van der Waals surface area contributed by atoms with Gasteiger partial charge in [0.2, 0.25) is 0 Å². The molecule has 0 saturated carbocycles. The van der Waals surface area contributed by atoms with Crippen molar-refractivity contribution in [2.45, 2.75) is 13.1 Å². The van der Waals surface area contributed by atoms with E-state index in [1.54, 1.807) is 4.68 Å². The number of nitrogens with one attached hydrogen (secondary N) is 2. The summed E-state index contributed by atoms with van der Waals surface area (Å²) in [5, 5.41) is 15.1. The number of nitrogens with zero attached hydrogens (tertiary/aromatic N) is 5. The van der Waals surface area contributed by atoms with Gasteiger partial charge in [-0.25, -0.2) is 4.98 Å². The third-order valence-corrected chi connectivity index (χ3v) is 4.63. The number of rotatable bonds is 7. The number of hydrogen-bond donors (Lipinski definition) is 2. The maximum absolute atomic E-state index is 5.86. The lowest BCUT2D eigenvalue weighted by Gasteiger charge is -2.07. The fourth-order valence-electron chi connectivity index (χ4n) is 3.17. The second-order valence-corrected chi connectivity index (χ2v) is 6.76. The molecule has 0 unspecified atom stereocenters. The SMILES string of the molecule is c1ccc(-n2nnnc2Oc2ccc(CNCc3nc4ccccc4[nH]3)cc2)cc1. The van der Waals surface area contributed by atoms with E-state index in [0.29, 0.717) is 18.3 Å². The summed E-state index contributed by atoms with van der Waals surface area (Å²) in [6, 6.07) is 25.8. The van der Waals surface area contributed by atoms with Gasteiger partial charge in [0.05, 0.1) is 23.3 Å². The Balaban J connectivity index is 1.20. The van der Waals surface area contributed by atoms with E-state index >= 15 is 0 Å². The summed E-state index contributed by atoms with van der Waals surface area (Å²) >= 11 is 0. The topological polar surface area (TPSA) is 93.5 Å². The first-order chi connectivity index (χ1) is 14.8. The van der Waals surface area contributed by atoms with Gasteiger partial charge >= 0.3 is 6.01 Å². The van der Waals surface area contributed by atoms with Crippen molar-refractivity contribution in [1.29, 1.82) is 0 Å².